The van der Waals surface area contributed by atoms with Crippen LogP contribution in [0.4, 0.5) is 0 Å². The number of hydrogen-bond acceptors (Lipinski definition) is 2. The average Bonchev–Trinajstić information content (AvgIpc) is 2.33. The van der Waals surface area contributed by atoms with Gasteiger partial charge in [-0.2, -0.15) is 0 Å². The van der Waals surface area contributed by atoms with Gasteiger partial charge in [0, 0.05) is 11.6 Å². The molecular weight excluding hydrogens is 222 g/mol. The zero-order chi connectivity index (χ0) is 13.7. The number of nitrogens with one attached hydrogen (secondary N) is 1. The first kappa shape index (κ1) is 15.0. The van der Waals surface area contributed by atoms with Crippen LogP contribution in [0.25, 0.3) is 0 Å². The van der Waals surface area contributed by atoms with Crippen LogP contribution >= 0.6 is 0 Å². The fraction of sp³-hybridized carbons (Fsp3) is 0.625. The van der Waals surface area contributed by atoms with Gasteiger partial charge in [-0.3, -0.25) is 0 Å². The van der Waals surface area contributed by atoms with Crippen molar-refractivity contribution < 1.29 is 4.74 Å². The van der Waals surface area contributed by atoms with Crippen molar-refractivity contribution in [3.05, 3.63) is 28.8 Å². The van der Waals surface area contributed by atoms with E-state index in [-0.39, 0.29) is 0 Å². The van der Waals surface area contributed by atoms with Crippen LogP contribution in [0.5, 0.6) is 5.75 Å². The largest absolute Gasteiger partial charge is 0.496 e. The van der Waals surface area contributed by atoms with Crippen molar-refractivity contribution in [1.29, 1.82) is 0 Å². The second-order valence-corrected chi connectivity index (χ2v) is 5.31. The van der Waals surface area contributed by atoms with Gasteiger partial charge in [0.1, 0.15) is 5.75 Å². The molecule has 0 heterocycles. The summed E-state index contributed by atoms with van der Waals surface area (Å²) < 4.78 is 5.63. The van der Waals surface area contributed by atoms with E-state index in [1.807, 2.05) is 0 Å². The van der Waals surface area contributed by atoms with Crippen molar-refractivity contribution in [2.75, 3.05) is 13.7 Å². The van der Waals surface area contributed by atoms with E-state index in [9.17, 15) is 0 Å². The van der Waals surface area contributed by atoms with Crippen molar-refractivity contribution in [2.24, 2.45) is 5.92 Å². The number of ether oxygens (including phenoxy) is 1. The molecule has 0 saturated heterocycles. The molecule has 1 atom stereocenters. The van der Waals surface area contributed by atoms with Crippen LogP contribution in [0.1, 0.15) is 49.9 Å². The molecule has 1 aromatic rings. The average molecular weight is 249 g/mol. The van der Waals surface area contributed by atoms with Crippen molar-refractivity contribution in [2.45, 2.75) is 47.1 Å². The number of hydrogen-bond donors (Lipinski definition) is 1. The fourth-order valence-corrected chi connectivity index (χ4v) is 2.33. The highest BCUT2D eigenvalue weighted by atomic mass is 16.5. The Morgan fingerprint density at radius 3 is 2.39 bits per heavy atom. The molecule has 2 heteroatoms. The fourth-order valence-electron chi connectivity index (χ4n) is 2.33. The van der Waals surface area contributed by atoms with Gasteiger partial charge in [0.2, 0.25) is 0 Å². The lowest BCUT2D eigenvalue weighted by Crippen LogP contribution is -2.27. The first-order chi connectivity index (χ1) is 8.52. The van der Waals surface area contributed by atoms with Crippen molar-refractivity contribution in [1.82, 2.24) is 5.32 Å². The summed E-state index contributed by atoms with van der Waals surface area (Å²) in [5.41, 5.74) is 3.82. The van der Waals surface area contributed by atoms with Crippen LogP contribution < -0.4 is 10.1 Å². The number of rotatable bonds is 6. The van der Waals surface area contributed by atoms with Gasteiger partial charge in [0.25, 0.3) is 0 Å². The molecule has 1 unspecified atom stereocenters. The molecular formula is C16H27NO. The third-order valence-corrected chi connectivity index (χ3v) is 3.53. The highest BCUT2D eigenvalue weighted by molar-refractivity contribution is 5.47. The Bertz CT molecular complexity index is 385. The molecule has 2 nitrogen and oxygen atoms in total. The van der Waals surface area contributed by atoms with E-state index < -0.39 is 0 Å². The maximum absolute atomic E-state index is 5.63. The topological polar surface area (TPSA) is 21.3 Å². The van der Waals surface area contributed by atoms with Gasteiger partial charge in [-0.05, 0) is 43.9 Å². The minimum atomic E-state index is 0.360. The number of methoxy groups -OCH3 is 1. The van der Waals surface area contributed by atoms with Crippen molar-refractivity contribution in [3.8, 4) is 5.75 Å². The molecule has 0 spiro atoms. The molecule has 0 aliphatic carbocycles. The molecule has 1 N–H and O–H groups in total. The molecule has 0 amide bonds. The first-order valence-corrected chi connectivity index (χ1v) is 6.90. The molecule has 0 saturated carbocycles. The Kier molecular flexibility index (Phi) is 5.67. The van der Waals surface area contributed by atoms with Gasteiger partial charge in [-0.1, -0.05) is 32.9 Å². The smallest absolute Gasteiger partial charge is 0.126 e. The predicted octanol–water partition coefficient (Wildman–Crippen LogP) is 4.01. The van der Waals surface area contributed by atoms with Gasteiger partial charge in [0.05, 0.1) is 7.11 Å². The highest BCUT2D eigenvalue weighted by Gasteiger charge is 2.20. The molecule has 0 aliphatic rings. The zero-order valence-corrected chi connectivity index (χ0v) is 12.6. The minimum absolute atomic E-state index is 0.360. The van der Waals surface area contributed by atoms with E-state index in [4.69, 9.17) is 4.74 Å². The van der Waals surface area contributed by atoms with E-state index >= 15 is 0 Å². The first-order valence-electron chi connectivity index (χ1n) is 6.90. The summed E-state index contributed by atoms with van der Waals surface area (Å²) in [6.45, 7) is 12.0. The maximum atomic E-state index is 5.63. The Morgan fingerprint density at radius 1 is 1.22 bits per heavy atom. The molecule has 0 aromatic heterocycles. The molecule has 0 radical (unpaired) electrons. The highest BCUT2D eigenvalue weighted by Crippen LogP contribution is 2.34. The Labute approximate surface area is 112 Å². The molecule has 1 aromatic carbocycles. The lowest BCUT2D eigenvalue weighted by Gasteiger charge is -2.26. The third-order valence-electron chi connectivity index (χ3n) is 3.53. The minimum Gasteiger partial charge on any atom is -0.496 e. The summed E-state index contributed by atoms with van der Waals surface area (Å²) in [6, 6.07) is 4.75. The quantitative estimate of drug-likeness (QED) is 0.822. The lowest BCUT2D eigenvalue weighted by molar-refractivity contribution is 0.368. The second kappa shape index (κ2) is 6.79. The summed E-state index contributed by atoms with van der Waals surface area (Å²) in [5, 5.41) is 3.63. The molecule has 102 valence electrons. The zero-order valence-electron chi connectivity index (χ0n) is 12.6. The van der Waals surface area contributed by atoms with Gasteiger partial charge >= 0.3 is 0 Å². The van der Waals surface area contributed by atoms with Crippen LogP contribution in [0.3, 0.4) is 0 Å². The standard InChI is InChI=1S/C16H27NO/c1-7-10-17-15(11(2)3)14-9-8-12(4)13(5)16(14)18-6/h8-9,11,15,17H,7,10H2,1-6H3. The maximum Gasteiger partial charge on any atom is 0.126 e. The number of aryl methyl sites for hydroxylation is 1. The molecule has 0 fully saturated rings. The summed E-state index contributed by atoms with van der Waals surface area (Å²) in [7, 11) is 1.77. The Morgan fingerprint density at radius 2 is 1.89 bits per heavy atom. The summed E-state index contributed by atoms with van der Waals surface area (Å²) >= 11 is 0. The number of benzene rings is 1. The molecule has 0 bridgehead atoms. The van der Waals surface area contributed by atoms with Gasteiger partial charge in [-0.25, -0.2) is 0 Å². The Balaban J connectivity index is 3.15. The van der Waals surface area contributed by atoms with E-state index in [0.29, 0.717) is 12.0 Å². The predicted molar refractivity (Wildman–Crippen MR) is 78.3 cm³/mol. The van der Waals surface area contributed by atoms with Gasteiger partial charge in [-0.15, -0.1) is 0 Å². The van der Waals surface area contributed by atoms with E-state index in [0.717, 1.165) is 18.7 Å². The van der Waals surface area contributed by atoms with Crippen molar-refractivity contribution in [3.63, 3.8) is 0 Å². The van der Waals surface area contributed by atoms with Crippen LogP contribution in [-0.4, -0.2) is 13.7 Å². The van der Waals surface area contributed by atoms with Crippen LogP contribution in [0, 0.1) is 19.8 Å². The molecule has 18 heavy (non-hydrogen) atoms. The van der Waals surface area contributed by atoms with Crippen molar-refractivity contribution >= 4 is 0 Å². The normalized spacial score (nSPS) is 12.8. The molecule has 1 rings (SSSR count). The summed E-state index contributed by atoms with van der Waals surface area (Å²) in [6.07, 6.45) is 1.15. The summed E-state index contributed by atoms with van der Waals surface area (Å²) in [5.74, 6) is 1.59. The van der Waals surface area contributed by atoms with Gasteiger partial charge < -0.3 is 10.1 Å². The van der Waals surface area contributed by atoms with Crippen LogP contribution in [0.15, 0.2) is 12.1 Å². The van der Waals surface area contributed by atoms with E-state index in [2.05, 4.69) is 52.1 Å². The molecule has 0 aliphatic heterocycles. The Hall–Kier alpha value is -1.02. The SMILES string of the molecule is CCCNC(c1ccc(C)c(C)c1OC)C(C)C. The van der Waals surface area contributed by atoms with Gasteiger partial charge in [0.15, 0.2) is 0 Å². The summed E-state index contributed by atoms with van der Waals surface area (Å²) in [4.78, 5) is 0. The van der Waals surface area contributed by atoms with Crippen LogP contribution in [-0.2, 0) is 0 Å². The van der Waals surface area contributed by atoms with E-state index in [1.165, 1.54) is 16.7 Å². The monoisotopic (exact) mass is 249 g/mol. The second-order valence-electron chi connectivity index (χ2n) is 5.31. The lowest BCUT2D eigenvalue weighted by atomic mass is 9.92. The third kappa shape index (κ3) is 3.26. The van der Waals surface area contributed by atoms with Crippen LogP contribution in [0.2, 0.25) is 0 Å². The van der Waals surface area contributed by atoms with E-state index in [1.54, 1.807) is 7.11 Å².